The molecule has 2 aromatic rings. The minimum Gasteiger partial charge on any atom is -0.421 e. The molecule has 0 atom stereocenters. The highest BCUT2D eigenvalue weighted by Crippen LogP contribution is 2.22. The van der Waals surface area contributed by atoms with E-state index in [0.29, 0.717) is 11.1 Å². The van der Waals surface area contributed by atoms with Gasteiger partial charge in [-0.05, 0) is 40.8 Å². The maximum absolute atomic E-state index is 8.04. The molecule has 0 radical (unpaired) electrons. The van der Waals surface area contributed by atoms with Gasteiger partial charge in [0.15, 0.2) is 0 Å². The minimum absolute atomic E-state index is 0.0248. The van der Waals surface area contributed by atoms with Crippen molar-refractivity contribution in [2.24, 2.45) is 0 Å². The van der Waals surface area contributed by atoms with Crippen LogP contribution in [0.5, 0.6) is 0 Å². The van der Waals surface area contributed by atoms with Crippen LogP contribution in [0.15, 0.2) is 55.1 Å². The molecule has 0 bridgehead atoms. The van der Waals surface area contributed by atoms with Gasteiger partial charge in [0.2, 0.25) is 11.8 Å². The fourth-order valence-electron chi connectivity index (χ4n) is 2.11. The average Bonchev–Trinajstić information content (AvgIpc) is 2.54. The second-order valence-corrected chi connectivity index (χ2v) is 6.41. The monoisotopic (exact) mass is 306 g/mol. The molecule has 0 aromatic heterocycles. The molecule has 0 aliphatic carbocycles. The molecule has 2 N–H and O–H groups in total. The normalized spacial score (nSPS) is 10.9. The largest absolute Gasteiger partial charge is 0.421 e. The fourth-order valence-corrected chi connectivity index (χ4v) is 2.11. The lowest BCUT2D eigenvalue weighted by atomic mass is 9.87. The molecule has 0 unspecified atom stereocenters. The van der Waals surface area contributed by atoms with Crippen molar-refractivity contribution in [2.45, 2.75) is 26.2 Å². The zero-order valence-electron chi connectivity index (χ0n) is 13.8. The van der Waals surface area contributed by atoms with Crippen LogP contribution in [0.1, 0.15) is 43.0 Å². The Labute approximate surface area is 137 Å². The summed E-state index contributed by atoms with van der Waals surface area (Å²) in [6.45, 7) is 10.1. The van der Waals surface area contributed by atoms with Crippen LogP contribution in [0.2, 0.25) is 0 Å². The Morgan fingerprint density at radius 1 is 0.870 bits per heavy atom. The van der Waals surface area contributed by atoms with Gasteiger partial charge in [0.05, 0.1) is 0 Å². The third-order valence-corrected chi connectivity index (χ3v) is 3.63. The van der Waals surface area contributed by atoms with Crippen molar-refractivity contribution in [1.29, 1.82) is 10.8 Å². The third kappa shape index (κ3) is 4.16. The summed E-state index contributed by atoms with van der Waals surface area (Å²) in [6, 6.07) is 15.0. The van der Waals surface area contributed by atoms with Gasteiger partial charge in [0, 0.05) is 11.1 Å². The minimum atomic E-state index is -0.0366. The molecule has 0 saturated heterocycles. The van der Waals surface area contributed by atoms with Crippen LogP contribution >= 0.6 is 0 Å². The molecule has 0 amide bonds. The van der Waals surface area contributed by atoms with E-state index in [1.165, 1.54) is 5.56 Å². The van der Waals surface area contributed by atoms with Crippen LogP contribution in [-0.2, 0) is 10.2 Å². The Bertz CT molecular complexity index is 720. The first-order valence-corrected chi connectivity index (χ1v) is 7.50. The first kappa shape index (κ1) is 16.7. The van der Waals surface area contributed by atoms with Gasteiger partial charge in [-0.25, -0.2) is 0 Å². The van der Waals surface area contributed by atoms with Crippen molar-refractivity contribution in [3.8, 4) is 0 Å². The Kier molecular flexibility index (Phi) is 4.80. The highest BCUT2D eigenvalue weighted by molar-refractivity contribution is 6.04. The first-order chi connectivity index (χ1) is 10.8. The van der Waals surface area contributed by atoms with Gasteiger partial charge in [-0.2, -0.15) is 0 Å². The van der Waals surface area contributed by atoms with Gasteiger partial charge in [-0.15, -0.1) is 0 Å². The second-order valence-electron chi connectivity index (χ2n) is 6.41. The van der Waals surface area contributed by atoms with Crippen molar-refractivity contribution in [2.75, 3.05) is 0 Å². The summed E-state index contributed by atoms with van der Waals surface area (Å²) in [5.74, 6) is -0.0613. The maximum Gasteiger partial charge on any atom is 0.221 e. The summed E-state index contributed by atoms with van der Waals surface area (Å²) in [5, 5.41) is 16.0. The summed E-state index contributed by atoms with van der Waals surface area (Å²) in [5.41, 5.74) is 3.54. The van der Waals surface area contributed by atoms with E-state index in [2.05, 4.69) is 27.4 Å². The van der Waals surface area contributed by atoms with E-state index in [1.54, 1.807) is 18.2 Å². The molecule has 0 heterocycles. The van der Waals surface area contributed by atoms with E-state index in [9.17, 15) is 0 Å². The van der Waals surface area contributed by atoms with E-state index in [0.717, 1.165) is 5.56 Å². The van der Waals surface area contributed by atoms with Gasteiger partial charge < -0.3 is 4.74 Å². The quantitative estimate of drug-likeness (QED) is 0.609. The molecular weight excluding hydrogens is 284 g/mol. The molecule has 2 aromatic carbocycles. The molecule has 0 saturated carbocycles. The number of hydrogen-bond donors (Lipinski definition) is 2. The van der Waals surface area contributed by atoms with Crippen molar-refractivity contribution >= 4 is 17.9 Å². The Balaban J connectivity index is 2.08. The number of ether oxygens (including phenoxy) is 1. The molecule has 0 spiro atoms. The van der Waals surface area contributed by atoms with E-state index in [1.807, 2.05) is 36.4 Å². The van der Waals surface area contributed by atoms with Gasteiger partial charge >= 0.3 is 0 Å². The molecule has 0 aliphatic rings. The van der Waals surface area contributed by atoms with Gasteiger partial charge in [-0.3, -0.25) is 10.8 Å². The topological polar surface area (TPSA) is 56.9 Å². The number of hydrogen-bond acceptors (Lipinski definition) is 3. The van der Waals surface area contributed by atoms with Crippen LogP contribution in [0.4, 0.5) is 0 Å². The van der Waals surface area contributed by atoms with E-state index < -0.39 is 0 Å². The zero-order chi connectivity index (χ0) is 17.0. The Morgan fingerprint density at radius 3 is 1.70 bits per heavy atom. The lowest BCUT2D eigenvalue weighted by molar-refractivity contribution is 0.538. The third-order valence-electron chi connectivity index (χ3n) is 3.63. The summed E-state index contributed by atoms with van der Waals surface area (Å²) in [6.07, 6.45) is 1.74. The van der Waals surface area contributed by atoms with Crippen LogP contribution in [0, 0.1) is 10.8 Å². The van der Waals surface area contributed by atoms with Crippen LogP contribution < -0.4 is 0 Å². The predicted octanol–water partition coefficient (Wildman–Crippen LogP) is 4.99. The molecule has 3 nitrogen and oxygen atoms in total. The zero-order valence-corrected chi connectivity index (χ0v) is 13.8. The summed E-state index contributed by atoms with van der Waals surface area (Å²) in [7, 11) is 0. The highest BCUT2D eigenvalue weighted by atomic mass is 16.5. The van der Waals surface area contributed by atoms with Crippen LogP contribution in [0.25, 0.3) is 6.08 Å². The predicted molar refractivity (Wildman–Crippen MR) is 96.4 cm³/mol. The van der Waals surface area contributed by atoms with Crippen molar-refractivity contribution in [3.05, 3.63) is 77.4 Å². The molecule has 0 fully saturated rings. The second kappa shape index (κ2) is 6.61. The molecule has 3 heteroatoms. The first-order valence-electron chi connectivity index (χ1n) is 7.50. The SMILES string of the molecule is C=Cc1ccc(C(=N)OC(=N)c2ccc(C(C)(C)C)cc2)cc1. The molecule has 118 valence electrons. The molecular formula is C20H22N2O. The molecule has 23 heavy (non-hydrogen) atoms. The van der Waals surface area contributed by atoms with Crippen LogP contribution in [-0.4, -0.2) is 11.8 Å². The van der Waals surface area contributed by atoms with Crippen LogP contribution in [0.3, 0.4) is 0 Å². The lowest BCUT2D eigenvalue weighted by Gasteiger charge is -2.19. The van der Waals surface area contributed by atoms with Gasteiger partial charge in [-0.1, -0.05) is 57.7 Å². The van der Waals surface area contributed by atoms with Crippen molar-refractivity contribution in [1.82, 2.24) is 0 Å². The average molecular weight is 306 g/mol. The van der Waals surface area contributed by atoms with E-state index >= 15 is 0 Å². The van der Waals surface area contributed by atoms with Gasteiger partial charge in [0.25, 0.3) is 0 Å². The van der Waals surface area contributed by atoms with Crippen molar-refractivity contribution in [3.63, 3.8) is 0 Å². The van der Waals surface area contributed by atoms with Crippen molar-refractivity contribution < 1.29 is 4.74 Å². The standard InChI is InChI=1S/C20H22N2O/c1-5-14-6-8-15(9-7-14)18(21)23-19(22)16-10-12-17(13-11-16)20(2,3)4/h5-13,21-22H,1H2,2-4H3. The number of nitrogens with one attached hydrogen (secondary N) is 2. The molecule has 2 rings (SSSR count). The number of rotatable bonds is 3. The van der Waals surface area contributed by atoms with E-state index in [-0.39, 0.29) is 17.2 Å². The van der Waals surface area contributed by atoms with Gasteiger partial charge in [0.1, 0.15) is 0 Å². The Hall–Kier alpha value is -2.68. The Morgan fingerprint density at radius 2 is 1.30 bits per heavy atom. The fraction of sp³-hybridized carbons (Fsp3) is 0.200. The summed E-state index contributed by atoms with van der Waals surface area (Å²) in [4.78, 5) is 0. The number of benzene rings is 2. The maximum atomic E-state index is 8.04. The summed E-state index contributed by atoms with van der Waals surface area (Å²) >= 11 is 0. The molecule has 0 aliphatic heterocycles. The van der Waals surface area contributed by atoms with E-state index in [4.69, 9.17) is 15.6 Å². The lowest BCUT2D eigenvalue weighted by Crippen LogP contribution is -2.14. The highest BCUT2D eigenvalue weighted by Gasteiger charge is 2.14. The summed E-state index contributed by atoms with van der Waals surface area (Å²) < 4.78 is 5.36. The smallest absolute Gasteiger partial charge is 0.221 e.